The molecule has 2 rings (SSSR count). The number of benzene rings is 1. The number of rotatable bonds is 5. The number of carbonyl (C=O) groups excluding carboxylic acids is 2. The highest BCUT2D eigenvalue weighted by Gasteiger charge is 2.13. The van der Waals surface area contributed by atoms with E-state index in [4.69, 9.17) is 4.42 Å². The van der Waals surface area contributed by atoms with Crippen LogP contribution < -0.4 is 10.6 Å². The van der Waals surface area contributed by atoms with Crippen LogP contribution in [0.15, 0.2) is 41.0 Å². The van der Waals surface area contributed by atoms with Crippen molar-refractivity contribution in [3.63, 3.8) is 0 Å². The Morgan fingerprint density at radius 1 is 1.18 bits per heavy atom. The van der Waals surface area contributed by atoms with E-state index in [-0.39, 0.29) is 17.6 Å². The van der Waals surface area contributed by atoms with Crippen molar-refractivity contribution < 1.29 is 14.0 Å². The largest absolute Gasteiger partial charge is 0.459 e. The van der Waals surface area contributed by atoms with Gasteiger partial charge in [0.05, 0.1) is 6.26 Å². The average Bonchev–Trinajstić information content (AvgIpc) is 3.01. The lowest BCUT2D eigenvalue weighted by atomic mass is 10.1. The predicted octanol–water partition coefficient (Wildman–Crippen LogP) is 3.23. The minimum absolute atomic E-state index is 0.151. The maximum Gasteiger partial charge on any atom is 0.291 e. The summed E-state index contributed by atoms with van der Waals surface area (Å²) in [5.41, 5.74) is 1.99. The number of amides is 2. The highest BCUT2D eigenvalue weighted by atomic mass is 16.3. The third-order valence-electron chi connectivity index (χ3n) is 3.16. The first-order valence-electron chi connectivity index (χ1n) is 7.21. The van der Waals surface area contributed by atoms with E-state index >= 15 is 0 Å². The van der Waals surface area contributed by atoms with Crippen molar-refractivity contribution >= 4 is 17.5 Å². The molecule has 2 aromatic rings. The van der Waals surface area contributed by atoms with E-state index < -0.39 is 0 Å². The quantitative estimate of drug-likeness (QED) is 0.890. The molecule has 0 aliphatic heterocycles. The molecular weight excluding hydrogens is 280 g/mol. The zero-order valence-electron chi connectivity index (χ0n) is 13.0. The summed E-state index contributed by atoms with van der Waals surface area (Å²) in [6, 6.07) is 8.46. The molecular formula is C17H20N2O3. The fraction of sp³-hybridized carbons (Fsp3) is 0.294. The second-order valence-corrected chi connectivity index (χ2v) is 5.56. The van der Waals surface area contributed by atoms with Gasteiger partial charge in [-0.1, -0.05) is 19.9 Å². The Bertz CT molecular complexity index is 661. The summed E-state index contributed by atoms with van der Waals surface area (Å²) in [7, 11) is 0. The van der Waals surface area contributed by atoms with Crippen molar-refractivity contribution in [2.75, 3.05) is 11.9 Å². The fourth-order valence-corrected chi connectivity index (χ4v) is 1.89. The SMILES string of the molecule is Cc1ccc(C(=O)NCC(C)C)cc1NC(=O)c1ccco1. The molecule has 0 radical (unpaired) electrons. The summed E-state index contributed by atoms with van der Waals surface area (Å²) in [6.45, 7) is 6.54. The molecule has 5 nitrogen and oxygen atoms in total. The first kappa shape index (κ1) is 15.8. The van der Waals surface area contributed by atoms with Crippen LogP contribution in [-0.2, 0) is 0 Å². The van der Waals surface area contributed by atoms with Gasteiger partial charge in [0.15, 0.2) is 5.76 Å². The number of hydrogen-bond donors (Lipinski definition) is 2. The Kier molecular flexibility index (Phi) is 4.99. The molecule has 0 bridgehead atoms. The van der Waals surface area contributed by atoms with Crippen LogP contribution in [0.4, 0.5) is 5.69 Å². The summed E-state index contributed by atoms with van der Waals surface area (Å²) >= 11 is 0. The lowest BCUT2D eigenvalue weighted by Crippen LogP contribution is -2.27. The Labute approximate surface area is 129 Å². The molecule has 0 saturated heterocycles. The van der Waals surface area contributed by atoms with Gasteiger partial charge in [0.2, 0.25) is 0 Å². The Morgan fingerprint density at radius 2 is 1.95 bits per heavy atom. The van der Waals surface area contributed by atoms with E-state index in [1.807, 2.05) is 26.8 Å². The van der Waals surface area contributed by atoms with Crippen LogP contribution in [-0.4, -0.2) is 18.4 Å². The molecule has 22 heavy (non-hydrogen) atoms. The average molecular weight is 300 g/mol. The third kappa shape index (κ3) is 3.97. The van der Waals surface area contributed by atoms with Crippen molar-refractivity contribution in [1.29, 1.82) is 0 Å². The topological polar surface area (TPSA) is 71.3 Å². The normalized spacial score (nSPS) is 10.5. The molecule has 116 valence electrons. The van der Waals surface area contributed by atoms with E-state index in [2.05, 4.69) is 10.6 Å². The minimum atomic E-state index is -0.340. The van der Waals surface area contributed by atoms with E-state index in [9.17, 15) is 9.59 Å². The van der Waals surface area contributed by atoms with Gasteiger partial charge in [-0.2, -0.15) is 0 Å². The lowest BCUT2D eigenvalue weighted by Gasteiger charge is -2.11. The fourth-order valence-electron chi connectivity index (χ4n) is 1.89. The van der Waals surface area contributed by atoms with Crippen molar-refractivity contribution in [3.8, 4) is 0 Å². The first-order valence-corrected chi connectivity index (χ1v) is 7.21. The van der Waals surface area contributed by atoms with Crippen LogP contribution in [0.2, 0.25) is 0 Å². The summed E-state index contributed by atoms with van der Waals surface area (Å²) in [5, 5.41) is 5.62. The highest BCUT2D eigenvalue weighted by Crippen LogP contribution is 2.18. The number of hydrogen-bond acceptors (Lipinski definition) is 3. The zero-order chi connectivity index (χ0) is 16.1. The zero-order valence-corrected chi connectivity index (χ0v) is 13.0. The van der Waals surface area contributed by atoms with E-state index in [1.54, 1.807) is 24.3 Å². The van der Waals surface area contributed by atoms with Gasteiger partial charge in [-0.15, -0.1) is 0 Å². The monoisotopic (exact) mass is 300 g/mol. The van der Waals surface area contributed by atoms with Gasteiger partial charge in [0, 0.05) is 17.8 Å². The predicted molar refractivity (Wildman–Crippen MR) is 85.0 cm³/mol. The molecule has 0 atom stereocenters. The number of carbonyl (C=O) groups is 2. The maximum atomic E-state index is 12.1. The Hall–Kier alpha value is -2.56. The van der Waals surface area contributed by atoms with Crippen LogP contribution >= 0.6 is 0 Å². The maximum absolute atomic E-state index is 12.1. The number of furan rings is 1. The van der Waals surface area contributed by atoms with Gasteiger partial charge < -0.3 is 15.1 Å². The van der Waals surface area contributed by atoms with Gasteiger partial charge in [0.25, 0.3) is 11.8 Å². The molecule has 0 spiro atoms. The van der Waals surface area contributed by atoms with Crippen LogP contribution in [0.3, 0.4) is 0 Å². The van der Waals surface area contributed by atoms with Gasteiger partial charge in [-0.3, -0.25) is 9.59 Å². The summed E-state index contributed by atoms with van der Waals surface area (Å²) in [4.78, 5) is 24.1. The van der Waals surface area contributed by atoms with Crippen LogP contribution in [0.1, 0.15) is 40.3 Å². The van der Waals surface area contributed by atoms with Crippen molar-refractivity contribution in [1.82, 2.24) is 5.32 Å². The molecule has 0 aliphatic carbocycles. The molecule has 0 aliphatic rings. The number of anilines is 1. The third-order valence-corrected chi connectivity index (χ3v) is 3.16. The second kappa shape index (κ2) is 6.93. The molecule has 2 amide bonds. The van der Waals surface area contributed by atoms with Crippen molar-refractivity contribution in [2.24, 2.45) is 5.92 Å². The van der Waals surface area contributed by atoms with Crippen molar-refractivity contribution in [3.05, 3.63) is 53.5 Å². The molecule has 5 heteroatoms. The molecule has 0 fully saturated rings. The molecule has 2 N–H and O–H groups in total. The number of nitrogens with one attached hydrogen (secondary N) is 2. The minimum Gasteiger partial charge on any atom is -0.459 e. The molecule has 0 unspecified atom stereocenters. The number of aryl methyl sites for hydroxylation is 1. The first-order chi connectivity index (χ1) is 10.5. The standard InChI is InChI=1S/C17H20N2O3/c1-11(2)10-18-16(20)13-7-6-12(3)14(9-13)19-17(21)15-5-4-8-22-15/h4-9,11H,10H2,1-3H3,(H,18,20)(H,19,21). The lowest BCUT2D eigenvalue weighted by molar-refractivity contribution is 0.0947. The van der Waals surface area contributed by atoms with Gasteiger partial charge in [-0.05, 0) is 42.7 Å². The summed E-state index contributed by atoms with van der Waals surface area (Å²) < 4.78 is 5.06. The summed E-state index contributed by atoms with van der Waals surface area (Å²) in [6.07, 6.45) is 1.44. The Balaban J connectivity index is 2.13. The van der Waals surface area contributed by atoms with Crippen LogP contribution in [0, 0.1) is 12.8 Å². The second-order valence-electron chi connectivity index (χ2n) is 5.56. The molecule has 1 aromatic heterocycles. The smallest absolute Gasteiger partial charge is 0.291 e. The summed E-state index contributed by atoms with van der Waals surface area (Å²) in [5.74, 6) is 0.122. The van der Waals surface area contributed by atoms with Gasteiger partial charge >= 0.3 is 0 Å². The molecule has 1 aromatic carbocycles. The molecule has 1 heterocycles. The van der Waals surface area contributed by atoms with Crippen LogP contribution in [0.5, 0.6) is 0 Å². The van der Waals surface area contributed by atoms with E-state index in [1.165, 1.54) is 6.26 Å². The van der Waals surface area contributed by atoms with E-state index in [0.717, 1.165) is 5.56 Å². The van der Waals surface area contributed by atoms with Gasteiger partial charge in [-0.25, -0.2) is 0 Å². The van der Waals surface area contributed by atoms with E-state index in [0.29, 0.717) is 23.7 Å². The van der Waals surface area contributed by atoms with Crippen LogP contribution in [0.25, 0.3) is 0 Å². The molecule has 0 saturated carbocycles. The van der Waals surface area contributed by atoms with Gasteiger partial charge in [0.1, 0.15) is 0 Å². The van der Waals surface area contributed by atoms with Crippen molar-refractivity contribution in [2.45, 2.75) is 20.8 Å². The Morgan fingerprint density at radius 3 is 2.59 bits per heavy atom. The highest BCUT2D eigenvalue weighted by molar-refractivity contribution is 6.03.